The van der Waals surface area contributed by atoms with Crippen molar-refractivity contribution in [3.8, 4) is 0 Å². The quantitative estimate of drug-likeness (QED) is 0.884. The maximum atomic E-state index is 6.17. The summed E-state index contributed by atoms with van der Waals surface area (Å²) in [5, 5.41) is 2.49. The summed E-state index contributed by atoms with van der Waals surface area (Å²) < 4.78 is 0. The van der Waals surface area contributed by atoms with Crippen LogP contribution in [0.1, 0.15) is 38.3 Å². The number of fused-ring (bicyclic) bond motifs is 1. The molecule has 1 atom stereocenters. The molecule has 1 heterocycles. The lowest BCUT2D eigenvalue weighted by atomic mass is 9.99. The van der Waals surface area contributed by atoms with Crippen molar-refractivity contribution in [2.24, 2.45) is 11.7 Å². The first kappa shape index (κ1) is 14.5. The minimum atomic E-state index is 0.276. The summed E-state index contributed by atoms with van der Waals surface area (Å²) in [6, 6.07) is 9.47. The van der Waals surface area contributed by atoms with Crippen molar-refractivity contribution >= 4 is 10.8 Å². The molecule has 1 aromatic heterocycles. The minimum absolute atomic E-state index is 0.276. The van der Waals surface area contributed by atoms with E-state index in [1.165, 1.54) is 29.2 Å². The van der Waals surface area contributed by atoms with Gasteiger partial charge in [-0.25, -0.2) is 0 Å². The van der Waals surface area contributed by atoms with Crippen LogP contribution in [0.5, 0.6) is 0 Å². The van der Waals surface area contributed by atoms with Gasteiger partial charge in [0.15, 0.2) is 0 Å². The van der Waals surface area contributed by atoms with Crippen LogP contribution in [0.2, 0.25) is 0 Å². The molecule has 0 amide bonds. The van der Waals surface area contributed by atoms with Crippen molar-refractivity contribution in [1.29, 1.82) is 0 Å². The first-order valence-electron chi connectivity index (χ1n) is 7.99. The smallest absolute Gasteiger partial charge is 0.0494 e. The van der Waals surface area contributed by atoms with Gasteiger partial charge in [-0.1, -0.05) is 38.1 Å². The van der Waals surface area contributed by atoms with Gasteiger partial charge in [0.2, 0.25) is 0 Å². The fourth-order valence-corrected chi connectivity index (χ4v) is 3.21. The maximum absolute atomic E-state index is 6.17. The summed E-state index contributed by atoms with van der Waals surface area (Å²) in [6.45, 7) is 6.32. The highest BCUT2D eigenvalue weighted by Crippen LogP contribution is 2.36. The van der Waals surface area contributed by atoms with E-state index < -0.39 is 0 Å². The summed E-state index contributed by atoms with van der Waals surface area (Å²) >= 11 is 0. The summed E-state index contributed by atoms with van der Waals surface area (Å²) in [7, 11) is 0. The van der Waals surface area contributed by atoms with Gasteiger partial charge in [0, 0.05) is 43.0 Å². The van der Waals surface area contributed by atoms with Crippen LogP contribution in [-0.2, 0) is 0 Å². The fraction of sp³-hybridized carbons (Fsp3) is 0.500. The lowest BCUT2D eigenvalue weighted by molar-refractivity contribution is 0.170. The molecule has 1 unspecified atom stereocenters. The largest absolute Gasteiger partial charge is 0.329 e. The number of aromatic nitrogens is 1. The third-order valence-corrected chi connectivity index (χ3v) is 4.27. The van der Waals surface area contributed by atoms with Crippen LogP contribution < -0.4 is 5.73 Å². The molecule has 1 saturated carbocycles. The number of rotatable bonds is 6. The SMILES string of the molecule is CC(C)CN(C1CC1)C(CN)c1cncc2ccccc12. The second kappa shape index (κ2) is 6.12. The molecule has 0 bridgehead atoms. The molecule has 21 heavy (non-hydrogen) atoms. The van der Waals surface area contributed by atoms with Crippen LogP contribution in [0.25, 0.3) is 10.8 Å². The molecule has 1 aliphatic rings. The van der Waals surface area contributed by atoms with E-state index in [-0.39, 0.29) is 6.04 Å². The van der Waals surface area contributed by atoms with E-state index in [2.05, 4.69) is 48.0 Å². The average molecular weight is 283 g/mol. The number of nitrogens with two attached hydrogens (primary N) is 1. The second-order valence-electron chi connectivity index (χ2n) is 6.52. The molecule has 0 radical (unpaired) electrons. The van der Waals surface area contributed by atoms with Crippen molar-refractivity contribution in [2.45, 2.75) is 38.8 Å². The van der Waals surface area contributed by atoms with Gasteiger partial charge in [-0.15, -0.1) is 0 Å². The lowest BCUT2D eigenvalue weighted by Gasteiger charge is -2.33. The Morgan fingerprint density at radius 1 is 1.24 bits per heavy atom. The van der Waals surface area contributed by atoms with E-state index in [4.69, 9.17) is 5.73 Å². The number of nitrogens with zero attached hydrogens (tertiary/aromatic N) is 2. The Morgan fingerprint density at radius 3 is 2.67 bits per heavy atom. The van der Waals surface area contributed by atoms with E-state index >= 15 is 0 Å². The van der Waals surface area contributed by atoms with Gasteiger partial charge in [0.1, 0.15) is 0 Å². The number of hydrogen-bond donors (Lipinski definition) is 1. The first-order chi connectivity index (χ1) is 10.2. The Hall–Kier alpha value is -1.45. The van der Waals surface area contributed by atoms with Crippen LogP contribution in [0.4, 0.5) is 0 Å². The van der Waals surface area contributed by atoms with Crippen LogP contribution in [-0.4, -0.2) is 29.0 Å². The van der Waals surface area contributed by atoms with Gasteiger partial charge in [-0.2, -0.15) is 0 Å². The van der Waals surface area contributed by atoms with Gasteiger partial charge in [-0.3, -0.25) is 9.88 Å². The Bertz CT molecular complexity index is 599. The molecular formula is C18H25N3. The van der Waals surface area contributed by atoms with Crippen molar-refractivity contribution < 1.29 is 0 Å². The molecule has 112 valence electrons. The Morgan fingerprint density at radius 2 is 2.00 bits per heavy atom. The molecule has 3 rings (SSSR count). The highest BCUT2D eigenvalue weighted by molar-refractivity contribution is 5.85. The Balaban J connectivity index is 2.00. The van der Waals surface area contributed by atoms with Crippen molar-refractivity contribution in [3.05, 3.63) is 42.2 Å². The molecule has 0 spiro atoms. The van der Waals surface area contributed by atoms with Crippen molar-refractivity contribution in [3.63, 3.8) is 0 Å². The molecule has 1 aliphatic carbocycles. The topological polar surface area (TPSA) is 42.1 Å². The normalized spacial score (nSPS) is 16.8. The molecule has 1 aromatic carbocycles. The van der Waals surface area contributed by atoms with E-state index in [0.29, 0.717) is 18.5 Å². The summed E-state index contributed by atoms with van der Waals surface area (Å²) in [5.74, 6) is 0.655. The highest BCUT2D eigenvalue weighted by atomic mass is 15.2. The minimum Gasteiger partial charge on any atom is -0.329 e. The van der Waals surface area contributed by atoms with Gasteiger partial charge in [0.25, 0.3) is 0 Å². The second-order valence-corrected chi connectivity index (χ2v) is 6.52. The van der Waals surface area contributed by atoms with Crippen molar-refractivity contribution in [2.75, 3.05) is 13.1 Å². The third kappa shape index (κ3) is 3.09. The standard InChI is InChI=1S/C18H25N3/c1-13(2)12-21(15-7-8-15)18(9-19)17-11-20-10-14-5-3-4-6-16(14)17/h3-6,10-11,13,15,18H,7-9,12,19H2,1-2H3. The van der Waals surface area contributed by atoms with Crippen LogP contribution in [0.3, 0.4) is 0 Å². The van der Waals surface area contributed by atoms with Gasteiger partial charge in [0.05, 0.1) is 0 Å². The zero-order valence-corrected chi connectivity index (χ0v) is 13.0. The van der Waals surface area contributed by atoms with Crippen molar-refractivity contribution in [1.82, 2.24) is 9.88 Å². The maximum Gasteiger partial charge on any atom is 0.0494 e. The zero-order valence-electron chi connectivity index (χ0n) is 13.0. The molecule has 2 N–H and O–H groups in total. The van der Waals surface area contributed by atoms with E-state index in [9.17, 15) is 0 Å². The average Bonchev–Trinajstić information content (AvgIpc) is 3.31. The molecule has 3 nitrogen and oxygen atoms in total. The summed E-state index contributed by atoms with van der Waals surface area (Å²) in [6.07, 6.45) is 6.56. The number of hydrogen-bond acceptors (Lipinski definition) is 3. The number of pyridine rings is 1. The van der Waals surface area contributed by atoms with Gasteiger partial charge >= 0.3 is 0 Å². The van der Waals surface area contributed by atoms with Gasteiger partial charge < -0.3 is 5.73 Å². The monoisotopic (exact) mass is 283 g/mol. The number of benzene rings is 1. The van der Waals surface area contributed by atoms with E-state index in [1.807, 2.05) is 12.4 Å². The first-order valence-corrected chi connectivity index (χ1v) is 7.99. The van der Waals surface area contributed by atoms with Crippen LogP contribution >= 0.6 is 0 Å². The zero-order chi connectivity index (χ0) is 14.8. The predicted octanol–water partition coefficient (Wildman–Crippen LogP) is 3.36. The Kier molecular flexibility index (Phi) is 4.22. The molecule has 2 aromatic rings. The molecule has 0 aliphatic heterocycles. The highest BCUT2D eigenvalue weighted by Gasteiger charge is 2.34. The molecular weight excluding hydrogens is 258 g/mol. The predicted molar refractivity (Wildman–Crippen MR) is 88.1 cm³/mol. The summed E-state index contributed by atoms with van der Waals surface area (Å²) in [4.78, 5) is 7.05. The van der Waals surface area contributed by atoms with Crippen LogP contribution in [0, 0.1) is 5.92 Å². The van der Waals surface area contributed by atoms with E-state index in [0.717, 1.165) is 6.54 Å². The summed E-state index contributed by atoms with van der Waals surface area (Å²) in [5.41, 5.74) is 7.45. The lowest BCUT2D eigenvalue weighted by Crippen LogP contribution is -2.38. The molecule has 1 fully saturated rings. The molecule has 0 saturated heterocycles. The fourth-order valence-electron chi connectivity index (χ4n) is 3.21. The van der Waals surface area contributed by atoms with Gasteiger partial charge in [-0.05, 0) is 29.7 Å². The molecule has 3 heteroatoms. The third-order valence-electron chi connectivity index (χ3n) is 4.27. The van der Waals surface area contributed by atoms with E-state index in [1.54, 1.807) is 0 Å². The van der Waals surface area contributed by atoms with Crippen LogP contribution in [0.15, 0.2) is 36.7 Å². The Labute approximate surface area is 127 Å².